The van der Waals surface area contributed by atoms with Gasteiger partial charge in [-0.1, -0.05) is 22.0 Å². The van der Waals surface area contributed by atoms with Crippen molar-refractivity contribution in [3.05, 3.63) is 40.4 Å². The minimum absolute atomic E-state index is 0.611. The quantitative estimate of drug-likeness (QED) is 0.937. The van der Waals surface area contributed by atoms with Crippen LogP contribution in [0.5, 0.6) is 0 Å². The number of nitrogens with one attached hydrogen (secondary N) is 1. The molecule has 0 saturated heterocycles. The summed E-state index contributed by atoms with van der Waals surface area (Å²) in [4.78, 5) is 0. The summed E-state index contributed by atoms with van der Waals surface area (Å²) in [6, 6.07) is 10.8. The number of rotatable bonds is 3. The molecular weight excluding hydrogens is 290 g/mol. The maximum absolute atomic E-state index is 4.27. The molecule has 1 aliphatic carbocycles. The lowest BCUT2D eigenvalue weighted by Gasteiger charge is -2.05. The number of anilines is 1. The van der Waals surface area contributed by atoms with Crippen molar-refractivity contribution in [2.24, 2.45) is 0 Å². The van der Waals surface area contributed by atoms with E-state index >= 15 is 0 Å². The summed E-state index contributed by atoms with van der Waals surface area (Å²) in [7, 11) is 0. The standard InChI is InChI=1S/C14H14BrN3/c1-9-8-10(2-5-12(9)15)13-6-7-14(18-17-13)16-11-3-4-11/h2,5-8,11H,3-4H2,1H3,(H,16,18). The van der Waals surface area contributed by atoms with Crippen molar-refractivity contribution in [1.29, 1.82) is 0 Å². The fourth-order valence-corrected chi connectivity index (χ4v) is 2.05. The summed E-state index contributed by atoms with van der Waals surface area (Å²) in [5.74, 6) is 0.870. The van der Waals surface area contributed by atoms with E-state index in [-0.39, 0.29) is 0 Å². The van der Waals surface area contributed by atoms with Gasteiger partial charge in [0.25, 0.3) is 0 Å². The molecule has 1 aliphatic rings. The van der Waals surface area contributed by atoms with E-state index in [0.29, 0.717) is 6.04 Å². The Kier molecular flexibility index (Phi) is 3.04. The first kappa shape index (κ1) is 11.7. The van der Waals surface area contributed by atoms with Gasteiger partial charge in [0.1, 0.15) is 5.82 Å². The third-order valence-corrected chi connectivity index (χ3v) is 3.94. The molecule has 0 radical (unpaired) electrons. The molecule has 1 aromatic heterocycles. The molecule has 2 aromatic rings. The molecule has 0 aliphatic heterocycles. The minimum Gasteiger partial charge on any atom is -0.366 e. The number of hydrogen-bond acceptors (Lipinski definition) is 3. The van der Waals surface area contributed by atoms with Crippen molar-refractivity contribution in [1.82, 2.24) is 10.2 Å². The number of aromatic nitrogens is 2. The number of halogens is 1. The Morgan fingerprint density at radius 3 is 2.61 bits per heavy atom. The largest absolute Gasteiger partial charge is 0.366 e. The van der Waals surface area contributed by atoms with Crippen LogP contribution in [0.2, 0.25) is 0 Å². The van der Waals surface area contributed by atoms with E-state index in [1.165, 1.54) is 18.4 Å². The van der Waals surface area contributed by atoms with E-state index in [4.69, 9.17) is 0 Å². The van der Waals surface area contributed by atoms with Gasteiger partial charge in [-0.3, -0.25) is 0 Å². The van der Waals surface area contributed by atoms with E-state index in [1.807, 2.05) is 18.2 Å². The first-order valence-corrected chi connectivity index (χ1v) is 6.88. The molecule has 1 saturated carbocycles. The van der Waals surface area contributed by atoms with E-state index in [9.17, 15) is 0 Å². The van der Waals surface area contributed by atoms with E-state index in [2.05, 4.69) is 50.5 Å². The van der Waals surface area contributed by atoms with Crippen molar-refractivity contribution in [2.75, 3.05) is 5.32 Å². The Morgan fingerprint density at radius 2 is 2.00 bits per heavy atom. The SMILES string of the molecule is Cc1cc(-c2ccc(NC3CC3)nn2)ccc1Br. The zero-order chi connectivity index (χ0) is 12.5. The van der Waals surface area contributed by atoms with Gasteiger partial charge < -0.3 is 5.32 Å². The first-order chi connectivity index (χ1) is 8.72. The summed E-state index contributed by atoms with van der Waals surface area (Å²) in [5, 5.41) is 11.8. The zero-order valence-corrected chi connectivity index (χ0v) is 11.7. The van der Waals surface area contributed by atoms with Gasteiger partial charge in [0, 0.05) is 16.1 Å². The number of benzene rings is 1. The average molecular weight is 304 g/mol. The van der Waals surface area contributed by atoms with Crippen LogP contribution >= 0.6 is 15.9 Å². The van der Waals surface area contributed by atoms with Crippen LogP contribution < -0.4 is 5.32 Å². The van der Waals surface area contributed by atoms with Crippen LogP contribution in [-0.2, 0) is 0 Å². The Hall–Kier alpha value is -1.42. The molecule has 4 heteroatoms. The molecule has 3 rings (SSSR count). The van der Waals surface area contributed by atoms with Gasteiger partial charge in [0.05, 0.1) is 5.69 Å². The van der Waals surface area contributed by atoms with Crippen LogP contribution in [0.3, 0.4) is 0 Å². The summed E-state index contributed by atoms with van der Waals surface area (Å²) >= 11 is 3.50. The molecule has 0 spiro atoms. The van der Waals surface area contributed by atoms with Crippen LogP contribution in [0.15, 0.2) is 34.8 Å². The summed E-state index contributed by atoms with van der Waals surface area (Å²) in [6.07, 6.45) is 2.49. The summed E-state index contributed by atoms with van der Waals surface area (Å²) < 4.78 is 1.12. The average Bonchev–Trinajstić information content (AvgIpc) is 3.18. The Morgan fingerprint density at radius 1 is 1.17 bits per heavy atom. The highest BCUT2D eigenvalue weighted by molar-refractivity contribution is 9.10. The van der Waals surface area contributed by atoms with Crippen molar-refractivity contribution >= 4 is 21.7 Å². The third-order valence-electron chi connectivity index (χ3n) is 3.05. The molecule has 0 amide bonds. The lowest BCUT2D eigenvalue weighted by atomic mass is 10.1. The van der Waals surface area contributed by atoms with Crippen LogP contribution in [-0.4, -0.2) is 16.2 Å². The Labute approximate surface area is 115 Å². The van der Waals surface area contributed by atoms with E-state index in [1.54, 1.807) is 0 Å². The topological polar surface area (TPSA) is 37.8 Å². The van der Waals surface area contributed by atoms with Gasteiger partial charge in [-0.25, -0.2) is 0 Å². The summed E-state index contributed by atoms with van der Waals surface area (Å²) in [5.41, 5.74) is 3.21. The second-order valence-electron chi connectivity index (χ2n) is 4.69. The molecule has 92 valence electrons. The molecule has 1 fully saturated rings. The molecule has 0 unspecified atom stereocenters. The predicted octanol–water partition coefficient (Wildman–Crippen LogP) is 3.79. The maximum Gasteiger partial charge on any atom is 0.148 e. The van der Waals surface area contributed by atoms with Gasteiger partial charge in [-0.2, -0.15) is 0 Å². The fraction of sp³-hybridized carbons (Fsp3) is 0.286. The second-order valence-corrected chi connectivity index (χ2v) is 5.54. The van der Waals surface area contributed by atoms with Crippen LogP contribution in [0, 0.1) is 6.92 Å². The maximum atomic E-state index is 4.27. The minimum atomic E-state index is 0.611. The van der Waals surface area contributed by atoms with Gasteiger partial charge in [0.2, 0.25) is 0 Å². The molecular formula is C14H14BrN3. The van der Waals surface area contributed by atoms with Crippen molar-refractivity contribution < 1.29 is 0 Å². The van der Waals surface area contributed by atoms with Crippen molar-refractivity contribution in [2.45, 2.75) is 25.8 Å². The number of hydrogen-bond donors (Lipinski definition) is 1. The van der Waals surface area contributed by atoms with Crippen molar-refractivity contribution in [3.63, 3.8) is 0 Å². The van der Waals surface area contributed by atoms with Crippen LogP contribution in [0.4, 0.5) is 5.82 Å². The highest BCUT2D eigenvalue weighted by atomic mass is 79.9. The lowest BCUT2D eigenvalue weighted by molar-refractivity contribution is 1.00. The predicted molar refractivity (Wildman–Crippen MR) is 76.5 cm³/mol. The molecule has 0 bridgehead atoms. The summed E-state index contributed by atoms with van der Waals surface area (Å²) in [6.45, 7) is 2.07. The highest BCUT2D eigenvalue weighted by Gasteiger charge is 2.21. The fourth-order valence-electron chi connectivity index (χ4n) is 1.80. The van der Waals surface area contributed by atoms with E-state index < -0.39 is 0 Å². The molecule has 3 nitrogen and oxygen atoms in total. The molecule has 18 heavy (non-hydrogen) atoms. The van der Waals surface area contributed by atoms with Gasteiger partial charge in [0.15, 0.2) is 0 Å². The number of nitrogens with zero attached hydrogens (tertiary/aromatic N) is 2. The lowest BCUT2D eigenvalue weighted by Crippen LogP contribution is -2.03. The molecule has 1 N–H and O–H groups in total. The normalized spacial score (nSPS) is 14.6. The second kappa shape index (κ2) is 4.69. The van der Waals surface area contributed by atoms with Gasteiger partial charge in [-0.05, 0) is 49.6 Å². The van der Waals surface area contributed by atoms with Crippen molar-refractivity contribution in [3.8, 4) is 11.3 Å². The number of aryl methyl sites for hydroxylation is 1. The monoisotopic (exact) mass is 303 g/mol. The smallest absolute Gasteiger partial charge is 0.148 e. The van der Waals surface area contributed by atoms with Crippen LogP contribution in [0.1, 0.15) is 18.4 Å². The molecule has 1 heterocycles. The van der Waals surface area contributed by atoms with Gasteiger partial charge in [-0.15, -0.1) is 10.2 Å². The Balaban J connectivity index is 1.84. The Bertz CT molecular complexity index is 562. The molecule has 0 atom stereocenters. The van der Waals surface area contributed by atoms with Gasteiger partial charge >= 0.3 is 0 Å². The first-order valence-electron chi connectivity index (χ1n) is 6.09. The van der Waals surface area contributed by atoms with Crippen LogP contribution in [0.25, 0.3) is 11.3 Å². The highest BCUT2D eigenvalue weighted by Crippen LogP contribution is 2.26. The third kappa shape index (κ3) is 2.53. The van der Waals surface area contributed by atoms with E-state index in [0.717, 1.165) is 21.5 Å². The zero-order valence-electron chi connectivity index (χ0n) is 10.2. The molecule has 1 aromatic carbocycles.